The van der Waals surface area contributed by atoms with Gasteiger partial charge >= 0.3 is 0 Å². The summed E-state index contributed by atoms with van der Waals surface area (Å²) in [5.74, 6) is 0. The Balaban J connectivity index is 1.49. The Morgan fingerprint density at radius 3 is 2.54 bits per heavy atom. The number of aryl methyl sites for hydroxylation is 1. The van der Waals surface area contributed by atoms with Crippen molar-refractivity contribution in [1.29, 1.82) is 0 Å². The maximum Gasteiger partial charge on any atom is 0.274 e. The molecule has 1 aromatic heterocycles. The molecule has 0 unspecified atom stereocenters. The third-order valence-corrected chi connectivity index (χ3v) is 5.11. The van der Waals surface area contributed by atoms with Crippen LogP contribution < -0.4 is 5.56 Å². The van der Waals surface area contributed by atoms with Gasteiger partial charge in [0, 0.05) is 25.0 Å². The minimum absolute atomic E-state index is 0.144. The van der Waals surface area contributed by atoms with E-state index >= 15 is 0 Å². The minimum atomic E-state index is -0.633. The van der Waals surface area contributed by atoms with Crippen LogP contribution in [-0.4, -0.2) is 39.0 Å². The second-order valence-corrected chi connectivity index (χ2v) is 7.03. The van der Waals surface area contributed by atoms with Gasteiger partial charge in [0.1, 0.15) is 0 Å². The average Bonchev–Trinajstić information content (AvgIpc) is 2.66. The fourth-order valence-corrected chi connectivity index (χ4v) is 3.79. The largest absolute Gasteiger partial charge is 0.390 e. The van der Waals surface area contributed by atoms with Gasteiger partial charge in [0.2, 0.25) is 0 Å². The zero-order valence-electron chi connectivity index (χ0n) is 14.9. The van der Waals surface area contributed by atoms with Gasteiger partial charge in [-0.3, -0.25) is 9.69 Å². The lowest BCUT2D eigenvalue weighted by Crippen LogP contribution is -2.40. The van der Waals surface area contributed by atoms with Crippen LogP contribution in [0.25, 0.3) is 10.8 Å². The highest BCUT2D eigenvalue weighted by Crippen LogP contribution is 2.18. The highest BCUT2D eigenvalue weighted by Gasteiger charge is 2.19. The van der Waals surface area contributed by atoms with Gasteiger partial charge in [0.25, 0.3) is 5.56 Å². The van der Waals surface area contributed by atoms with E-state index in [9.17, 15) is 9.90 Å². The van der Waals surface area contributed by atoms with Crippen LogP contribution in [0.3, 0.4) is 0 Å². The maximum absolute atomic E-state index is 12.6. The van der Waals surface area contributed by atoms with E-state index in [4.69, 9.17) is 0 Å². The van der Waals surface area contributed by atoms with Crippen molar-refractivity contribution < 1.29 is 5.11 Å². The highest BCUT2D eigenvalue weighted by atomic mass is 16.3. The van der Waals surface area contributed by atoms with Crippen LogP contribution in [0.15, 0.2) is 53.3 Å². The van der Waals surface area contributed by atoms with E-state index in [0.29, 0.717) is 11.9 Å². The van der Waals surface area contributed by atoms with Crippen molar-refractivity contribution in [2.75, 3.05) is 13.1 Å². The molecule has 1 N–H and O–H groups in total. The topological polar surface area (TPSA) is 58.4 Å². The molecule has 0 saturated carbocycles. The smallest absolute Gasteiger partial charge is 0.274 e. The standard InChI is InChI=1S/C21H23N3O2/c1-15-19-8-4-5-9-20(19)21(26)24(22-15)14-18(25)13-23-11-10-16-6-2-3-7-17(16)12-23/h2-9,18,25H,10-14H2,1H3/t18-/m1/s1. The van der Waals surface area contributed by atoms with Gasteiger partial charge in [0.15, 0.2) is 0 Å². The zero-order valence-corrected chi connectivity index (χ0v) is 14.9. The van der Waals surface area contributed by atoms with Crippen molar-refractivity contribution >= 4 is 10.8 Å². The molecule has 0 fully saturated rings. The molecule has 1 aliphatic rings. The van der Waals surface area contributed by atoms with E-state index in [1.54, 1.807) is 0 Å². The van der Waals surface area contributed by atoms with E-state index in [0.717, 1.165) is 30.6 Å². The number of benzene rings is 2. The van der Waals surface area contributed by atoms with Crippen LogP contribution in [0, 0.1) is 6.92 Å². The molecule has 0 radical (unpaired) electrons. The van der Waals surface area contributed by atoms with Crippen molar-refractivity contribution in [3.05, 3.63) is 75.7 Å². The summed E-state index contributed by atoms with van der Waals surface area (Å²) in [4.78, 5) is 14.9. The van der Waals surface area contributed by atoms with Gasteiger partial charge in [-0.05, 0) is 30.5 Å². The van der Waals surface area contributed by atoms with Crippen molar-refractivity contribution in [3.63, 3.8) is 0 Å². The number of fused-ring (bicyclic) bond motifs is 2. The molecule has 0 spiro atoms. The lowest BCUT2D eigenvalue weighted by atomic mass is 10.00. The SMILES string of the molecule is Cc1nn(C[C@H](O)CN2CCc3ccccc3C2)c(=O)c2ccccc12. The summed E-state index contributed by atoms with van der Waals surface area (Å²) in [5.41, 5.74) is 3.37. The highest BCUT2D eigenvalue weighted by molar-refractivity contribution is 5.83. The van der Waals surface area contributed by atoms with Gasteiger partial charge in [-0.25, -0.2) is 4.68 Å². The number of hydrogen-bond donors (Lipinski definition) is 1. The molecule has 0 bridgehead atoms. The van der Waals surface area contributed by atoms with Crippen LogP contribution in [0.2, 0.25) is 0 Å². The molecule has 5 nitrogen and oxygen atoms in total. The Hall–Kier alpha value is -2.50. The second-order valence-electron chi connectivity index (χ2n) is 7.03. The molecule has 0 saturated heterocycles. The van der Waals surface area contributed by atoms with Gasteiger partial charge in [-0.1, -0.05) is 42.5 Å². The van der Waals surface area contributed by atoms with Crippen LogP contribution in [0.5, 0.6) is 0 Å². The number of hydrogen-bond acceptors (Lipinski definition) is 4. The van der Waals surface area contributed by atoms with Gasteiger partial charge in [-0.15, -0.1) is 0 Å². The van der Waals surface area contributed by atoms with Gasteiger partial charge in [-0.2, -0.15) is 5.10 Å². The molecule has 0 aliphatic carbocycles. The molecule has 134 valence electrons. The first-order valence-electron chi connectivity index (χ1n) is 9.05. The van der Waals surface area contributed by atoms with Crippen LogP contribution in [0.1, 0.15) is 16.8 Å². The average molecular weight is 349 g/mol. The van der Waals surface area contributed by atoms with E-state index in [-0.39, 0.29) is 12.1 Å². The Kier molecular flexibility index (Phi) is 4.57. The second kappa shape index (κ2) is 7.02. The summed E-state index contributed by atoms with van der Waals surface area (Å²) >= 11 is 0. The van der Waals surface area contributed by atoms with Crippen molar-refractivity contribution in [1.82, 2.24) is 14.7 Å². The summed E-state index contributed by atoms with van der Waals surface area (Å²) in [7, 11) is 0. The van der Waals surface area contributed by atoms with E-state index in [1.165, 1.54) is 15.8 Å². The Morgan fingerprint density at radius 2 is 1.73 bits per heavy atom. The number of aliphatic hydroxyl groups is 1. The number of rotatable bonds is 4. The molecule has 0 amide bonds. The Bertz CT molecular complexity index is 996. The van der Waals surface area contributed by atoms with Gasteiger partial charge in [0.05, 0.1) is 23.7 Å². The molecule has 5 heteroatoms. The Labute approximate surface area is 152 Å². The predicted octanol–water partition coefficient (Wildman–Crippen LogP) is 2.12. The summed E-state index contributed by atoms with van der Waals surface area (Å²) in [6.45, 7) is 4.41. The summed E-state index contributed by atoms with van der Waals surface area (Å²) in [6, 6.07) is 15.9. The molecule has 3 aromatic rings. The quantitative estimate of drug-likeness (QED) is 0.784. The van der Waals surface area contributed by atoms with Crippen molar-refractivity contribution in [2.45, 2.75) is 32.5 Å². The minimum Gasteiger partial charge on any atom is -0.390 e. The monoisotopic (exact) mass is 349 g/mol. The third kappa shape index (κ3) is 3.28. The molecule has 4 rings (SSSR count). The fraction of sp³-hybridized carbons (Fsp3) is 0.333. The summed E-state index contributed by atoms with van der Waals surface area (Å²) in [6.07, 6.45) is 0.363. The first-order chi connectivity index (χ1) is 12.6. The predicted molar refractivity (Wildman–Crippen MR) is 102 cm³/mol. The first-order valence-corrected chi connectivity index (χ1v) is 9.05. The lowest BCUT2D eigenvalue weighted by Gasteiger charge is -2.30. The molecule has 2 aromatic carbocycles. The van der Waals surface area contributed by atoms with E-state index < -0.39 is 6.10 Å². The van der Waals surface area contributed by atoms with Gasteiger partial charge < -0.3 is 5.11 Å². The fourth-order valence-electron chi connectivity index (χ4n) is 3.79. The molecule has 1 atom stereocenters. The molecular formula is C21H23N3O2. The van der Waals surface area contributed by atoms with E-state index in [2.05, 4.69) is 34.3 Å². The molecule has 1 aliphatic heterocycles. The van der Waals surface area contributed by atoms with Crippen LogP contribution in [-0.2, 0) is 19.5 Å². The van der Waals surface area contributed by atoms with Crippen LogP contribution in [0.4, 0.5) is 0 Å². The Morgan fingerprint density at radius 1 is 1.04 bits per heavy atom. The summed E-state index contributed by atoms with van der Waals surface area (Å²) in [5, 5.41) is 16.5. The third-order valence-electron chi connectivity index (χ3n) is 5.11. The van der Waals surface area contributed by atoms with Crippen LogP contribution >= 0.6 is 0 Å². The maximum atomic E-state index is 12.6. The normalized spacial score (nSPS) is 15.8. The zero-order chi connectivity index (χ0) is 18.1. The number of nitrogens with zero attached hydrogens (tertiary/aromatic N) is 3. The van der Waals surface area contributed by atoms with E-state index in [1.807, 2.05) is 31.2 Å². The molecule has 2 heterocycles. The summed E-state index contributed by atoms with van der Waals surface area (Å²) < 4.78 is 1.40. The number of aromatic nitrogens is 2. The molecule has 26 heavy (non-hydrogen) atoms. The van der Waals surface area contributed by atoms with Crippen molar-refractivity contribution in [3.8, 4) is 0 Å². The number of aliphatic hydroxyl groups excluding tert-OH is 1. The first kappa shape index (κ1) is 16.9. The lowest BCUT2D eigenvalue weighted by molar-refractivity contribution is 0.0877. The van der Waals surface area contributed by atoms with Crippen molar-refractivity contribution in [2.24, 2.45) is 0 Å². The molecular weight excluding hydrogens is 326 g/mol. The number of β-amino-alcohol motifs (C(OH)–C–C–N with tert-alkyl or cyclic N) is 1.